The molecule has 0 aromatic heterocycles. The van der Waals surface area contributed by atoms with E-state index < -0.39 is 11.7 Å². The minimum Gasteiger partial charge on any atom is -0.484 e. The summed E-state index contributed by atoms with van der Waals surface area (Å²) in [6, 6.07) is 3.19. The van der Waals surface area contributed by atoms with Gasteiger partial charge in [-0.25, -0.2) is 0 Å². The third-order valence-electron chi connectivity index (χ3n) is 4.23. The SMILES string of the molecule is Cc1cc(C(F)(F)F)ccc1OCC(=O)NC[C@@H]1CN(CC(C)C)CCO1. The topological polar surface area (TPSA) is 50.8 Å². The molecule has 1 aromatic carbocycles. The van der Waals surface area contributed by atoms with E-state index in [1.807, 2.05) is 0 Å². The summed E-state index contributed by atoms with van der Waals surface area (Å²) in [6.45, 7) is 9.23. The number of carbonyl (C=O) groups excluding carboxylic acids is 1. The molecule has 1 aliphatic rings. The van der Waals surface area contributed by atoms with Gasteiger partial charge in [-0.05, 0) is 36.6 Å². The number of benzene rings is 1. The van der Waals surface area contributed by atoms with E-state index in [2.05, 4.69) is 24.1 Å². The molecule has 0 radical (unpaired) electrons. The number of rotatable bonds is 7. The van der Waals surface area contributed by atoms with E-state index in [0.29, 0.717) is 24.6 Å². The standard InChI is InChI=1S/C19H27F3N2O3/c1-13(2)10-24-6-7-26-16(11-24)9-23-18(25)12-27-17-5-4-15(8-14(17)3)19(20,21)22/h4-5,8,13,16H,6-7,9-12H2,1-3H3,(H,23,25)/t16-/m1/s1. The lowest BCUT2D eigenvalue weighted by atomic mass is 10.1. The van der Waals surface area contributed by atoms with Gasteiger partial charge in [-0.1, -0.05) is 13.8 Å². The summed E-state index contributed by atoms with van der Waals surface area (Å²) in [5.41, 5.74) is -0.408. The average Bonchev–Trinajstić information content (AvgIpc) is 2.57. The minimum absolute atomic E-state index is 0.0748. The Morgan fingerprint density at radius 1 is 1.41 bits per heavy atom. The molecule has 8 heteroatoms. The number of morpholine rings is 1. The Morgan fingerprint density at radius 2 is 2.15 bits per heavy atom. The Bertz CT molecular complexity index is 635. The summed E-state index contributed by atoms with van der Waals surface area (Å²) >= 11 is 0. The molecular weight excluding hydrogens is 361 g/mol. The molecule has 2 rings (SSSR count). The Kier molecular flexibility index (Phi) is 7.49. The highest BCUT2D eigenvalue weighted by atomic mass is 19.4. The number of nitrogens with one attached hydrogen (secondary N) is 1. The van der Waals surface area contributed by atoms with Crippen molar-refractivity contribution in [3.63, 3.8) is 0 Å². The Morgan fingerprint density at radius 3 is 2.78 bits per heavy atom. The first kappa shape index (κ1) is 21.5. The van der Waals surface area contributed by atoms with Crippen molar-refractivity contribution in [2.45, 2.75) is 33.1 Å². The lowest BCUT2D eigenvalue weighted by Gasteiger charge is -2.33. The zero-order valence-corrected chi connectivity index (χ0v) is 15.9. The number of ether oxygens (including phenoxy) is 2. The molecule has 0 unspecified atom stereocenters. The Balaban J connectivity index is 1.76. The van der Waals surface area contributed by atoms with Gasteiger partial charge in [0.05, 0.1) is 18.3 Å². The van der Waals surface area contributed by atoms with E-state index in [1.165, 1.54) is 13.0 Å². The molecule has 1 amide bonds. The molecule has 0 saturated carbocycles. The van der Waals surface area contributed by atoms with E-state index in [0.717, 1.165) is 31.8 Å². The molecule has 1 atom stereocenters. The fourth-order valence-electron chi connectivity index (χ4n) is 3.00. The second-order valence-electron chi connectivity index (χ2n) is 7.22. The van der Waals surface area contributed by atoms with Crippen LogP contribution in [-0.2, 0) is 15.7 Å². The number of hydrogen-bond donors (Lipinski definition) is 1. The number of halogens is 3. The van der Waals surface area contributed by atoms with Gasteiger partial charge in [-0.3, -0.25) is 9.69 Å². The number of carbonyl (C=O) groups is 1. The van der Waals surface area contributed by atoms with Crippen LogP contribution in [0.4, 0.5) is 13.2 Å². The highest BCUT2D eigenvalue weighted by Crippen LogP contribution is 2.32. The second-order valence-corrected chi connectivity index (χ2v) is 7.22. The first-order valence-electron chi connectivity index (χ1n) is 9.06. The van der Waals surface area contributed by atoms with Gasteiger partial charge in [0.1, 0.15) is 5.75 Å². The minimum atomic E-state index is -4.40. The van der Waals surface area contributed by atoms with Crippen molar-refractivity contribution in [1.82, 2.24) is 10.2 Å². The number of nitrogens with zero attached hydrogens (tertiary/aromatic N) is 1. The van der Waals surface area contributed by atoms with Gasteiger partial charge in [0.25, 0.3) is 5.91 Å². The van der Waals surface area contributed by atoms with Crippen LogP contribution in [0.5, 0.6) is 5.75 Å². The number of hydrogen-bond acceptors (Lipinski definition) is 4. The van der Waals surface area contributed by atoms with Gasteiger partial charge in [0, 0.05) is 26.2 Å². The molecule has 27 heavy (non-hydrogen) atoms. The van der Waals surface area contributed by atoms with Crippen LogP contribution in [0.1, 0.15) is 25.0 Å². The molecule has 1 aromatic rings. The lowest BCUT2D eigenvalue weighted by Crippen LogP contribution is -2.48. The normalized spacial score (nSPS) is 18.6. The van der Waals surface area contributed by atoms with Crippen molar-refractivity contribution >= 4 is 5.91 Å². The highest BCUT2D eigenvalue weighted by molar-refractivity contribution is 5.77. The van der Waals surface area contributed by atoms with Crippen LogP contribution < -0.4 is 10.1 Å². The fraction of sp³-hybridized carbons (Fsp3) is 0.632. The van der Waals surface area contributed by atoms with Crippen LogP contribution in [0.25, 0.3) is 0 Å². The van der Waals surface area contributed by atoms with Crippen LogP contribution in [-0.4, -0.2) is 56.3 Å². The molecule has 152 valence electrons. The Labute approximate surface area is 157 Å². The predicted molar refractivity (Wildman–Crippen MR) is 95.7 cm³/mol. The van der Waals surface area contributed by atoms with Gasteiger partial charge in [-0.15, -0.1) is 0 Å². The first-order chi connectivity index (χ1) is 12.6. The molecule has 1 saturated heterocycles. The molecule has 1 aliphatic heterocycles. The van der Waals surface area contributed by atoms with Crippen LogP contribution >= 0.6 is 0 Å². The van der Waals surface area contributed by atoms with Crippen molar-refractivity contribution < 1.29 is 27.4 Å². The van der Waals surface area contributed by atoms with Crippen molar-refractivity contribution in [1.29, 1.82) is 0 Å². The van der Waals surface area contributed by atoms with Crippen molar-refractivity contribution in [3.05, 3.63) is 29.3 Å². The van der Waals surface area contributed by atoms with E-state index >= 15 is 0 Å². The maximum absolute atomic E-state index is 12.7. The molecule has 0 spiro atoms. The first-order valence-corrected chi connectivity index (χ1v) is 9.06. The number of alkyl halides is 3. The quantitative estimate of drug-likeness (QED) is 0.781. The largest absolute Gasteiger partial charge is 0.484 e. The molecule has 1 fully saturated rings. The summed E-state index contributed by atoms with van der Waals surface area (Å²) < 4.78 is 49.0. The van der Waals surface area contributed by atoms with Crippen molar-refractivity contribution in [2.24, 2.45) is 5.92 Å². The zero-order valence-electron chi connectivity index (χ0n) is 15.9. The summed E-state index contributed by atoms with van der Waals surface area (Å²) in [5, 5.41) is 2.76. The monoisotopic (exact) mass is 388 g/mol. The van der Waals surface area contributed by atoms with E-state index in [1.54, 1.807) is 0 Å². The van der Waals surface area contributed by atoms with Gasteiger partial charge < -0.3 is 14.8 Å². The predicted octanol–water partition coefficient (Wildman–Crippen LogP) is 2.87. The van der Waals surface area contributed by atoms with Crippen molar-refractivity contribution in [2.75, 3.05) is 39.4 Å². The van der Waals surface area contributed by atoms with E-state index in [9.17, 15) is 18.0 Å². The molecule has 0 aliphatic carbocycles. The summed E-state index contributed by atoms with van der Waals surface area (Å²) in [4.78, 5) is 14.3. The third-order valence-corrected chi connectivity index (χ3v) is 4.23. The Hall–Kier alpha value is -1.80. The van der Waals surface area contributed by atoms with Gasteiger partial charge in [0.15, 0.2) is 6.61 Å². The van der Waals surface area contributed by atoms with Crippen LogP contribution in [0.15, 0.2) is 18.2 Å². The number of aryl methyl sites for hydroxylation is 1. The smallest absolute Gasteiger partial charge is 0.416 e. The van der Waals surface area contributed by atoms with Gasteiger partial charge >= 0.3 is 6.18 Å². The maximum Gasteiger partial charge on any atom is 0.416 e. The van der Waals surface area contributed by atoms with E-state index in [-0.39, 0.29) is 24.4 Å². The van der Waals surface area contributed by atoms with Crippen LogP contribution in [0, 0.1) is 12.8 Å². The zero-order chi connectivity index (χ0) is 20.0. The van der Waals surface area contributed by atoms with Gasteiger partial charge in [0.2, 0.25) is 0 Å². The summed E-state index contributed by atoms with van der Waals surface area (Å²) in [7, 11) is 0. The maximum atomic E-state index is 12.7. The van der Waals surface area contributed by atoms with Crippen LogP contribution in [0.3, 0.4) is 0 Å². The summed E-state index contributed by atoms with van der Waals surface area (Å²) in [6.07, 6.45) is -4.47. The third kappa shape index (κ3) is 7.03. The summed E-state index contributed by atoms with van der Waals surface area (Å²) in [5.74, 6) is 0.493. The lowest BCUT2D eigenvalue weighted by molar-refractivity contribution is -0.137. The van der Waals surface area contributed by atoms with Crippen LogP contribution in [0.2, 0.25) is 0 Å². The molecule has 0 bridgehead atoms. The average molecular weight is 388 g/mol. The highest BCUT2D eigenvalue weighted by Gasteiger charge is 2.30. The fourth-order valence-corrected chi connectivity index (χ4v) is 3.00. The molecule has 1 N–H and O–H groups in total. The molecule has 5 nitrogen and oxygen atoms in total. The molecular formula is C19H27F3N2O3. The number of amides is 1. The second kappa shape index (κ2) is 9.41. The molecule has 1 heterocycles. The van der Waals surface area contributed by atoms with Crippen molar-refractivity contribution in [3.8, 4) is 5.75 Å². The van der Waals surface area contributed by atoms with E-state index in [4.69, 9.17) is 9.47 Å². The van der Waals surface area contributed by atoms with Gasteiger partial charge in [-0.2, -0.15) is 13.2 Å².